The van der Waals surface area contributed by atoms with Crippen LogP contribution in [0, 0.1) is 0 Å². The monoisotopic (exact) mass is 341 g/mol. The lowest BCUT2D eigenvalue weighted by molar-refractivity contribution is 0.585. The third kappa shape index (κ3) is 2.57. The summed E-state index contributed by atoms with van der Waals surface area (Å²) >= 11 is 0. The molecule has 124 valence electrons. The maximum absolute atomic E-state index is 12.4. The minimum absolute atomic E-state index is 0.237. The molecule has 0 amide bonds. The number of hydrogen-bond acceptors (Lipinski definition) is 4. The third-order valence-corrected chi connectivity index (χ3v) is 6.03. The molecular weight excluding hydrogens is 322 g/mol. The first-order chi connectivity index (χ1) is 11.5. The van der Waals surface area contributed by atoms with E-state index in [0.717, 1.165) is 18.5 Å². The number of nitrogens with one attached hydrogen (secondary N) is 1. The van der Waals surface area contributed by atoms with E-state index in [2.05, 4.69) is 33.7 Å². The van der Waals surface area contributed by atoms with Gasteiger partial charge in [-0.2, -0.15) is 8.42 Å². The van der Waals surface area contributed by atoms with Crippen LogP contribution in [0.5, 0.6) is 0 Å². The zero-order chi connectivity index (χ0) is 16.7. The molecule has 0 radical (unpaired) electrons. The molecular formula is C18H19N3O2S. The summed E-state index contributed by atoms with van der Waals surface area (Å²) in [6.45, 7) is 2.62. The summed E-state index contributed by atoms with van der Waals surface area (Å²) in [7, 11) is -3.64. The van der Waals surface area contributed by atoms with Crippen LogP contribution in [0.15, 0.2) is 57.8 Å². The summed E-state index contributed by atoms with van der Waals surface area (Å²) in [5.74, 6) is 0.470. The number of sulfonamides is 1. The van der Waals surface area contributed by atoms with E-state index in [4.69, 9.17) is 0 Å². The van der Waals surface area contributed by atoms with Crippen molar-refractivity contribution in [3.8, 4) is 0 Å². The van der Waals surface area contributed by atoms with Gasteiger partial charge in [0.15, 0.2) is 0 Å². The second-order valence-corrected chi connectivity index (χ2v) is 7.85. The highest BCUT2D eigenvalue weighted by Crippen LogP contribution is 2.32. The number of rotatable bonds is 2. The van der Waals surface area contributed by atoms with Gasteiger partial charge in [-0.25, -0.2) is 0 Å². The van der Waals surface area contributed by atoms with Gasteiger partial charge in [-0.1, -0.05) is 30.3 Å². The summed E-state index contributed by atoms with van der Waals surface area (Å²) < 4.78 is 28.8. The number of anilines is 2. The summed E-state index contributed by atoms with van der Waals surface area (Å²) in [5.41, 5.74) is 3.06. The van der Waals surface area contributed by atoms with Crippen LogP contribution in [-0.2, 0) is 16.4 Å². The molecule has 0 unspecified atom stereocenters. The fourth-order valence-corrected chi connectivity index (χ4v) is 4.54. The first-order valence-corrected chi connectivity index (χ1v) is 9.53. The second kappa shape index (κ2) is 5.63. The number of aryl methyl sites for hydroxylation is 1. The van der Waals surface area contributed by atoms with Gasteiger partial charge in [-0.05, 0) is 43.5 Å². The molecule has 0 saturated carbocycles. The van der Waals surface area contributed by atoms with Gasteiger partial charge in [-0.15, -0.1) is 4.40 Å². The predicted molar refractivity (Wildman–Crippen MR) is 96.3 cm³/mol. The van der Waals surface area contributed by atoms with Crippen molar-refractivity contribution in [1.82, 2.24) is 0 Å². The fraction of sp³-hybridized carbons (Fsp3) is 0.278. The van der Waals surface area contributed by atoms with Crippen LogP contribution in [0.3, 0.4) is 0 Å². The molecule has 4 rings (SSSR count). The smallest absolute Gasteiger partial charge is 0.286 e. The van der Waals surface area contributed by atoms with E-state index in [0.29, 0.717) is 24.1 Å². The lowest BCUT2D eigenvalue weighted by Crippen LogP contribution is -2.43. The highest BCUT2D eigenvalue weighted by molar-refractivity contribution is 7.90. The highest BCUT2D eigenvalue weighted by Gasteiger charge is 2.28. The van der Waals surface area contributed by atoms with Crippen molar-refractivity contribution in [3.05, 3.63) is 54.1 Å². The molecule has 0 fully saturated rings. The van der Waals surface area contributed by atoms with Crippen LogP contribution >= 0.6 is 0 Å². The normalized spacial score (nSPS) is 21.3. The Bertz CT molecular complexity index is 921. The first kappa shape index (κ1) is 15.2. The van der Waals surface area contributed by atoms with Crippen molar-refractivity contribution < 1.29 is 8.42 Å². The van der Waals surface area contributed by atoms with Gasteiger partial charge in [0.05, 0.1) is 12.2 Å². The molecule has 2 aliphatic rings. The Morgan fingerprint density at radius 2 is 1.92 bits per heavy atom. The van der Waals surface area contributed by atoms with E-state index in [1.807, 2.05) is 18.2 Å². The van der Waals surface area contributed by atoms with Crippen LogP contribution in [0.25, 0.3) is 0 Å². The van der Waals surface area contributed by atoms with Crippen molar-refractivity contribution in [3.63, 3.8) is 0 Å². The molecule has 6 heteroatoms. The maximum atomic E-state index is 12.4. The Morgan fingerprint density at radius 1 is 1.17 bits per heavy atom. The Kier molecular flexibility index (Phi) is 3.57. The molecule has 5 nitrogen and oxygen atoms in total. The van der Waals surface area contributed by atoms with Crippen molar-refractivity contribution in [2.75, 3.05) is 16.8 Å². The van der Waals surface area contributed by atoms with E-state index in [-0.39, 0.29) is 4.90 Å². The minimum atomic E-state index is -3.64. The minimum Gasteiger partial charge on any atom is -0.361 e. The van der Waals surface area contributed by atoms with Gasteiger partial charge in [0.2, 0.25) is 0 Å². The van der Waals surface area contributed by atoms with E-state index < -0.39 is 10.0 Å². The average molecular weight is 341 g/mol. The highest BCUT2D eigenvalue weighted by atomic mass is 32.2. The number of benzene rings is 2. The number of nitrogens with zero attached hydrogens (tertiary/aromatic N) is 2. The van der Waals surface area contributed by atoms with Gasteiger partial charge < -0.3 is 10.2 Å². The van der Waals surface area contributed by atoms with Gasteiger partial charge in [0, 0.05) is 11.7 Å². The van der Waals surface area contributed by atoms with Crippen molar-refractivity contribution >= 4 is 27.2 Å². The largest absolute Gasteiger partial charge is 0.361 e. The van der Waals surface area contributed by atoms with E-state index >= 15 is 0 Å². The Hall–Kier alpha value is -2.34. The number of para-hydroxylation sites is 2. The number of fused-ring (bicyclic) bond motifs is 2. The number of amidine groups is 1. The second-order valence-electron chi connectivity index (χ2n) is 6.28. The van der Waals surface area contributed by atoms with E-state index in [1.165, 1.54) is 5.56 Å². The van der Waals surface area contributed by atoms with Crippen molar-refractivity contribution in [1.29, 1.82) is 0 Å². The lowest BCUT2D eigenvalue weighted by Gasteiger charge is -2.37. The molecule has 0 aliphatic carbocycles. The van der Waals surface area contributed by atoms with Crippen LogP contribution in [0.1, 0.15) is 18.9 Å². The van der Waals surface area contributed by atoms with Crippen molar-refractivity contribution in [2.24, 2.45) is 4.40 Å². The van der Waals surface area contributed by atoms with Gasteiger partial charge in [0.25, 0.3) is 10.0 Å². The molecule has 2 aromatic rings. The standard InChI is InChI=1S/C18H19N3O2S/c1-13-10-11-14-6-2-4-8-16(14)21(13)12-18-19-15-7-3-5-9-17(15)24(22,23)20-18/h2-9,13H,10-12H2,1H3,(H,19,20)/t13-/m1/s1. The maximum Gasteiger partial charge on any atom is 0.286 e. The first-order valence-electron chi connectivity index (χ1n) is 8.09. The molecule has 0 spiro atoms. The SMILES string of the molecule is C[C@@H]1CCc2ccccc2N1CC1=NS(=O)(=O)c2ccccc2N1. The third-order valence-electron chi connectivity index (χ3n) is 4.66. The summed E-state index contributed by atoms with van der Waals surface area (Å²) in [6, 6.07) is 15.5. The van der Waals surface area contributed by atoms with Crippen molar-refractivity contribution in [2.45, 2.75) is 30.7 Å². The van der Waals surface area contributed by atoms with Crippen LogP contribution in [0.2, 0.25) is 0 Å². The zero-order valence-electron chi connectivity index (χ0n) is 13.4. The molecule has 0 aromatic heterocycles. The lowest BCUT2D eigenvalue weighted by atomic mass is 9.96. The number of hydrogen-bond donors (Lipinski definition) is 1. The Labute approximate surface area is 142 Å². The van der Waals surface area contributed by atoms with Crippen LogP contribution < -0.4 is 10.2 Å². The topological polar surface area (TPSA) is 61.8 Å². The van der Waals surface area contributed by atoms with Gasteiger partial charge >= 0.3 is 0 Å². The van der Waals surface area contributed by atoms with Crippen LogP contribution in [0.4, 0.5) is 11.4 Å². The van der Waals surface area contributed by atoms with E-state index in [9.17, 15) is 8.42 Å². The summed E-state index contributed by atoms with van der Waals surface area (Å²) in [4.78, 5) is 2.47. The molecule has 0 saturated heterocycles. The summed E-state index contributed by atoms with van der Waals surface area (Å²) in [5, 5.41) is 3.18. The zero-order valence-corrected chi connectivity index (χ0v) is 14.3. The predicted octanol–water partition coefficient (Wildman–Crippen LogP) is 3.04. The fourth-order valence-electron chi connectivity index (χ4n) is 3.40. The molecule has 2 aliphatic heterocycles. The molecule has 0 bridgehead atoms. The molecule has 2 heterocycles. The molecule has 2 aromatic carbocycles. The van der Waals surface area contributed by atoms with Gasteiger partial charge in [0.1, 0.15) is 10.7 Å². The average Bonchev–Trinajstić information content (AvgIpc) is 2.57. The van der Waals surface area contributed by atoms with Crippen LogP contribution in [-0.4, -0.2) is 26.8 Å². The van der Waals surface area contributed by atoms with Gasteiger partial charge in [-0.3, -0.25) is 0 Å². The molecule has 1 N–H and O–H groups in total. The van der Waals surface area contributed by atoms with E-state index in [1.54, 1.807) is 18.2 Å². The molecule has 1 atom stereocenters. The quantitative estimate of drug-likeness (QED) is 0.912. The Morgan fingerprint density at radius 3 is 2.79 bits per heavy atom. The molecule has 24 heavy (non-hydrogen) atoms. The Balaban J connectivity index is 1.69. The summed E-state index contributed by atoms with van der Waals surface area (Å²) in [6.07, 6.45) is 2.10.